The van der Waals surface area contributed by atoms with Crippen LogP contribution in [0.1, 0.15) is 194 Å². The van der Waals surface area contributed by atoms with Gasteiger partial charge in [0, 0.05) is 13.0 Å². The minimum atomic E-state index is -4.53. The van der Waals surface area contributed by atoms with Gasteiger partial charge in [0.1, 0.15) is 12.2 Å². The number of hydrogen-bond donors (Lipinski definition) is 3. The first-order chi connectivity index (χ1) is 30.3. The van der Waals surface area contributed by atoms with Crippen LogP contribution in [-0.4, -0.2) is 66.3 Å². The lowest BCUT2D eigenvalue weighted by Crippen LogP contribution is -2.29. The highest BCUT2D eigenvalue weighted by molar-refractivity contribution is 7.47. The van der Waals surface area contributed by atoms with Crippen molar-refractivity contribution >= 4 is 13.8 Å². The van der Waals surface area contributed by atoms with Gasteiger partial charge in [0.15, 0.2) is 0 Å². The summed E-state index contributed by atoms with van der Waals surface area (Å²) >= 11 is 0. The van der Waals surface area contributed by atoms with Crippen LogP contribution < -0.4 is 0 Å². The van der Waals surface area contributed by atoms with Gasteiger partial charge in [-0.1, -0.05) is 182 Å². The zero-order chi connectivity index (χ0) is 45.3. The first kappa shape index (κ1) is 59.6. The zero-order valence-corrected chi connectivity index (χ0v) is 40.2. The fourth-order valence-corrected chi connectivity index (χ4v) is 7.14. The molecule has 358 valence electrons. The molecule has 3 unspecified atom stereocenters. The van der Waals surface area contributed by atoms with Crippen molar-refractivity contribution in [1.29, 1.82) is 0 Å². The molecule has 0 saturated carbocycles. The number of carbonyl (C=O) groups is 1. The molecule has 0 aliphatic rings. The van der Waals surface area contributed by atoms with Crippen LogP contribution in [0.3, 0.4) is 0 Å². The highest BCUT2D eigenvalue weighted by Gasteiger charge is 2.26. The van der Waals surface area contributed by atoms with Gasteiger partial charge in [-0.2, -0.15) is 0 Å². The molecule has 3 N–H and O–H groups in total. The average molecular weight is 891 g/mol. The van der Waals surface area contributed by atoms with Gasteiger partial charge in [-0.05, 0) is 89.9 Å². The van der Waals surface area contributed by atoms with Crippen LogP contribution in [0.5, 0.6) is 0 Å². The maximum Gasteiger partial charge on any atom is 0.472 e. The summed E-state index contributed by atoms with van der Waals surface area (Å²) in [6.45, 7) is 3.34. The Morgan fingerprint density at radius 3 is 1.40 bits per heavy atom. The molecule has 0 fully saturated rings. The number of unbranched alkanes of at least 4 members (excludes halogenated alkanes) is 18. The molecule has 3 atom stereocenters. The number of allylic oxidation sites excluding steroid dienone is 14. The Bertz CT molecular complexity index is 1240. The first-order valence-electron chi connectivity index (χ1n) is 24.6. The second-order valence-electron chi connectivity index (χ2n) is 16.1. The fraction of sp³-hybridized carbons (Fsp3) is 0.712. The maximum absolute atomic E-state index is 12.7. The summed E-state index contributed by atoms with van der Waals surface area (Å²) in [6.07, 6.45) is 59.7. The summed E-state index contributed by atoms with van der Waals surface area (Å²) in [5.41, 5.74) is 0. The molecule has 9 nitrogen and oxygen atoms in total. The predicted molar refractivity (Wildman–Crippen MR) is 260 cm³/mol. The summed E-state index contributed by atoms with van der Waals surface area (Å²) in [4.78, 5) is 22.7. The third-order valence-corrected chi connectivity index (χ3v) is 11.0. The Morgan fingerprint density at radius 1 is 0.516 bits per heavy atom. The number of carbonyl (C=O) groups excluding carboxylic acids is 1. The largest absolute Gasteiger partial charge is 0.472 e. The van der Waals surface area contributed by atoms with Crippen LogP contribution in [0.4, 0.5) is 0 Å². The van der Waals surface area contributed by atoms with E-state index in [0.717, 1.165) is 109 Å². The van der Waals surface area contributed by atoms with Gasteiger partial charge in [0.25, 0.3) is 0 Å². The number of esters is 1. The van der Waals surface area contributed by atoms with Gasteiger partial charge in [-0.3, -0.25) is 13.8 Å². The van der Waals surface area contributed by atoms with Crippen LogP contribution in [0, 0.1) is 0 Å². The van der Waals surface area contributed by atoms with Gasteiger partial charge < -0.3 is 24.6 Å². The van der Waals surface area contributed by atoms with Gasteiger partial charge >= 0.3 is 13.8 Å². The summed E-state index contributed by atoms with van der Waals surface area (Å²) in [6, 6.07) is 0. The molecule has 0 aromatic rings. The van der Waals surface area contributed by atoms with Crippen molar-refractivity contribution in [2.24, 2.45) is 0 Å². The molecule has 0 aromatic heterocycles. The SMILES string of the molecule is CC/C=C\C/C=C\C/C=C\C/C=C\C/C=C\C/C=C\CCCCCCCOCC(COP(=O)(O)OCC(O)CO)OC(=O)CCCCCCCCC/C=C\CCCCCCCC. The molecule has 10 heteroatoms. The molecule has 0 heterocycles. The van der Waals surface area contributed by atoms with E-state index in [9.17, 15) is 19.4 Å². The first-order valence-corrected chi connectivity index (χ1v) is 26.1. The van der Waals surface area contributed by atoms with Crippen LogP contribution in [-0.2, 0) is 27.9 Å². The Kier molecular flexibility index (Phi) is 46.3. The van der Waals surface area contributed by atoms with Crippen LogP contribution in [0.25, 0.3) is 0 Å². The molecule has 0 saturated heterocycles. The molecule has 62 heavy (non-hydrogen) atoms. The van der Waals surface area contributed by atoms with Crippen molar-refractivity contribution in [3.05, 3.63) is 85.1 Å². The Labute approximate surface area is 379 Å². The Morgan fingerprint density at radius 2 is 0.919 bits per heavy atom. The molecule has 0 bridgehead atoms. The normalized spacial score (nSPS) is 14.6. The molecule has 0 rings (SSSR count). The van der Waals surface area contributed by atoms with E-state index in [-0.39, 0.29) is 13.0 Å². The van der Waals surface area contributed by atoms with E-state index in [0.29, 0.717) is 6.61 Å². The smallest absolute Gasteiger partial charge is 0.457 e. The van der Waals surface area contributed by atoms with Crippen molar-refractivity contribution in [3.63, 3.8) is 0 Å². The lowest BCUT2D eigenvalue weighted by atomic mass is 10.1. The van der Waals surface area contributed by atoms with Gasteiger partial charge in [0.05, 0.1) is 26.4 Å². The number of aliphatic hydroxyl groups excluding tert-OH is 2. The van der Waals surface area contributed by atoms with E-state index >= 15 is 0 Å². The van der Waals surface area contributed by atoms with Crippen LogP contribution >= 0.6 is 7.82 Å². The summed E-state index contributed by atoms with van der Waals surface area (Å²) in [5.74, 6) is -0.397. The Balaban J connectivity index is 4.18. The number of phosphoric acid groups is 1. The quantitative estimate of drug-likeness (QED) is 0.0236. The van der Waals surface area contributed by atoms with Crippen molar-refractivity contribution in [1.82, 2.24) is 0 Å². The average Bonchev–Trinajstić information content (AvgIpc) is 3.26. The number of phosphoric ester groups is 1. The number of ether oxygens (including phenoxy) is 2. The molecule has 0 spiro atoms. The van der Waals surface area contributed by atoms with Gasteiger partial charge in [0.2, 0.25) is 0 Å². The molecule has 0 aliphatic carbocycles. The van der Waals surface area contributed by atoms with Crippen LogP contribution in [0.2, 0.25) is 0 Å². The highest BCUT2D eigenvalue weighted by atomic mass is 31.2. The molecular weight excluding hydrogens is 800 g/mol. The van der Waals surface area contributed by atoms with E-state index in [1.165, 1.54) is 64.2 Å². The van der Waals surface area contributed by atoms with Crippen LogP contribution in [0.15, 0.2) is 85.1 Å². The predicted octanol–water partition coefficient (Wildman–Crippen LogP) is 14.3. The van der Waals surface area contributed by atoms with Crippen molar-refractivity contribution < 1.29 is 43.0 Å². The van der Waals surface area contributed by atoms with E-state index in [1.807, 2.05) is 0 Å². The summed E-state index contributed by atoms with van der Waals surface area (Å²) < 4.78 is 33.5. The lowest BCUT2D eigenvalue weighted by molar-refractivity contribution is -0.154. The molecule has 0 aliphatic heterocycles. The number of aliphatic hydroxyl groups is 2. The van der Waals surface area contributed by atoms with E-state index in [1.54, 1.807) is 0 Å². The summed E-state index contributed by atoms with van der Waals surface area (Å²) in [5, 5.41) is 18.4. The fourth-order valence-electron chi connectivity index (χ4n) is 6.35. The van der Waals surface area contributed by atoms with E-state index in [2.05, 4.69) is 98.9 Å². The molecule has 0 aromatic carbocycles. The monoisotopic (exact) mass is 891 g/mol. The molecular formula is C52H91O9P. The molecule has 0 radical (unpaired) electrons. The third kappa shape index (κ3) is 47.1. The maximum atomic E-state index is 12.7. The van der Waals surface area contributed by atoms with E-state index in [4.69, 9.17) is 23.6 Å². The minimum absolute atomic E-state index is 0.0297. The second kappa shape index (κ2) is 48.1. The number of rotatable bonds is 46. The zero-order valence-electron chi connectivity index (χ0n) is 39.3. The van der Waals surface area contributed by atoms with E-state index < -0.39 is 45.8 Å². The Hall–Kier alpha value is -2.36. The second-order valence-corrected chi connectivity index (χ2v) is 17.5. The summed E-state index contributed by atoms with van der Waals surface area (Å²) in [7, 11) is -4.53. The minimum Gasteiger partial charge on any atom is -0.457 e. The lowest BCUT2D eigenvalue weighted by Gasteiger charge is -2.20. The van der Waals surface area contributed by atoms with Crippen molar-refractivity contribution in [3.8, 4) is 0 Å². The van der Waals surface area contributed by atoms with Gasteiger partial charge in [-0.15, -0.1) is 0 Å². The highest BCUT2D eigenvalue weighted by Crippen LogP contribution is 2.43. The topological polar surface area (TPSA) is 132 Å². The van der Waals surface area contributed by atoms with Crippen molar-refractivity contribution in [2.45, 2.75) is 206 Å². The number of hydrogen-bond acceptors (Lipinski definition) is 8. The standard InChI is InChI=1S/C52H91O9P/c1-3-5-7-9-11-13-15-17-19-21-22-23-24-25-26-27-29-31-33-35-37-39-41-43-45-58-48-51(49-60-62(56,57)59-47-50(54)46-53)61-52(55)44-42-40-38-36-34-32-30-28-20-18-16-14-12-10-8-6-4-2/h5,7,11,13,17-20,22-23,25-26,29,31,50-51,53-54H,3-4,6,8-10,12,14-16,21,24,27-28,30,32-49H2,1-2H3,(H,56,57)/b7-5-,13-11-,19-17-,20-18-,23-22-,26-25-,31-29-. The van der Waals surface area contributed by atoms with Crippen molar-refractivity contribution in [2.75, 3.05) is 33.0 Å². The van der Waals surface area contributed by atoms with Gasteiger partial charge in [-0.25, -0.2) is 4.57 Å². The molecule has 0 amide bonds. The third-order valence-electron chi connectivity index (χ3n) is 10.1.